The van der Waals surface area contributed by atoms with Gasteiger partial charge in [0, 0.05) is 26.2 Å². The van der Waals surface area contributed by atoms with Gasteiger partial charge in [-0.3, -0.25) is 0 Å². The summed E-state index contributed by atoms with van der Waals surface area (Å²) in [6, 6.07) is 0.104. The van der Waals surface area contributed by atoms with E-state index in [1.54, 1.807) is 11.4 Å². The first-order valence-electron chi connectivity index (χ1n) is 6.64. The molecule has 0 bridgehead atoms. The molecule has 1 heterocycles. The van der Waals surface area contributed by atoms with Crippen molar-refractivity contribution in [3.05, 3.63) is 0 Å². The Kier molecular flexibility index (Phi) is 5.17. The summed E-state index contributed by atoms with van der Waals surface area (Å²) in [6.07, 6.45) is 3.02. The van der Waals surface area contributed by atoms with Gasteiger partial charge in [-0.25, -0.2) is 0 Å². The third-order valence-corrected chi connectivity index (χ3v) is 5.69. The van der Waals surface area contributed by atoms with Crippen LogP contribution in [0.4, 0.5) is 0 Å². The fourth-order valence-electron chi connectivity index (χ4n) is 2.34. The van der Waals surface area contributed by atoms with Gasteiger partial charge in [0.25, 0.3) is 10.2 Å². The van der Waals surface area contributed by atoms with Gasteiger partial charge >= 0.3 is 0 Å². The highest BCUT2D eigenvalue weighted by Crippen LogP contribution is 2.24. The molecule has 0 aliphatic carbocycles. The Hall–Kier alpha value is -0.170. The van der Waals surface area contributed by atoms with Crippen LogP contribution >= 0.6 is 0 Å². The molecule has 0 aromatic carbocycles. The maximum Gasteiger partial charge on any atom is 0.281 e. The molecule has 1 saturated heterocycles. The number of hydrogen-bond donors (Lipinski definition) is 1. The molecule has 108 valence electrons. The smallest absolute Gasteiger partial charge is 0.281 e. The van der Waals surface area contributed by atoms with Crippen molar-refractivity contribution in [2.45, 2.75) is 46.1 Å². The maximum absolute atomic E-state index is 12.5. The number of nitrogens with two attached hydrogens (primary N) is 1. The van der Waals surface area contributed by atoms with E-state index in [1.165, 1.54) is 4.31 Å². The predicted octanol–water partition coefficient (Wildman–Crippen LogP) is 1.02. The fraction of sp³-hybridized carbons (Fsp3) is 1.00. The lowest BCUT2D eigenvalue weighted by atomic mass is 9.94. The van der Waals surface area contributed by atoms with Crippen LogP contribution in [0.25, 0.3) is 0 Å². The van der Waals surface area contributed by atoms with Gasteiger partial charge in [0.05, 0.1) is 0 Å². The summed E-state index contributed by atoms with van der Waals surface area (Å²) in [5, 5.41) is 0. The summed E-state index contributed by atoms with van der Waals surface area (Å²) < 4.78 is 28.1. The Labute approximate surface area is 112 Å². The van der Waals surface area contributed by atoms with Gasteiger partial charge in [0.2, 0.25) is 0 Å². The summed E-state index contributed by atoms with van der Waals surface area (Å²) >= 11 is 0. The Morgan fingerprint density at radius 3 is 2.50 bits per heavy atom. The lowest BCUT2D eigenvalue weighted by Gasteiger charge is -2.37. The van der Waals surface area contributed by atoms with Crippen molar-refractivity contribution in [3.63, 3.8) is 0 Å². The molecule has 0 amide bonds. The van der Waals surface area contributed by atoms with Crippen LogP contribution in [0, 0.1) is 5.41 Å². The van der Waals surface area contributed by atoms with E-state index < -0.39 is 10.2 Å². The minimum atomic E-state index is -3.34. The third kappa shape index (κ3) is 3.66. The van der Waals surface area contributed by atoms with E-state index in [2.05, 4.69) is 0 Å². The van der Waals surface area contributed by atoms with E-state index in [0.717, 1.165) is 19.3 Å². The summed E-state index contributed by atoms with van der Waals surface area (Å²) in [4.78, 5) is 0. The maximum atomic E-state index is 12.5. The van der Waals surface area contributed by atoms with Gasteiger partial charge in [-0.05, 0) is 31.7 Å². The van der Waals surface area contributed by atoms with Crippen molar-refractivity contribution in [1.82, 2.24) is 8.61 Å². The second-order valence-corrected chi connectivity index (χ2v) is 8.08. The first-order chi connectivity index (χ1) is 8.20. The molecule has 0 radical (unpaired) electrons. The van der Waals surface area contributed by atoms with Crippen molar-refractivity contribution in [2.24, 2.45) is 11.1 Å². The SMILES string of the molecule is CC1CCCCN1S(=O)(=O)N(C)CC(C)(C)CN. The lowest BCUT2D eigenvalue weighted by Crippen LogP contribution is -2.51. The van der Waals surface area contributed by atoms with Crippen LogP contribution in [0.1, 0.15) is 40.0 Å². The van der Waals surface area contributed by atoms with Crippen molar-refractivity contribution in [3.8, 4) is 0 Å². The van der Waals surface area contributed by atoms with Crippen molar-refractivity contribution in [1.29, 1.82) is 0 Å². The monoisotopic (exact) mass is 277 g/mol. The van der Waals surface area contributed by atoms with E-state index in [1.807, 2.05) is 20.8 Å². The van der Waals surface area contributed by atoms with Crippen molar-refractivity contribution < 1.29 is 8.42 Å². The Morgan fingerprint density at radius 2 is 2.00 bits per heavy atom. The van der Waals surface area contributed by atoms with Crippen molar-refractivity contribution >= 4 is 10.2 Å². The second-order valence-electron chi connectivity index (χ2n) is 6.09. The number of rotatable bonds is 5. The van der Waals surface area contributed by atoms with Crippen molar-refractivity contribution in [2.75, 3.05) is 26.7 Å². The molecule has 18 heavy (non-hydrogen) atoms. The zero-order valence-corrected chi connectivity index (χ0v) is 12.8. The van der Waals surface area contributed by atoms with Gasteiger partial charge in [-0.2, -0.15) is 17.0 Å². The molecule has 6 heteroatoms. The largest absolute Gasteiger partial charge is 0.330 e. The summed E-state index contributed by atoms with van der Waals surface area (Å²) in [7, 11) is -1.70. The third-order valence-electron chi connectivity index (χ3n) is 3.64. The first-order valence-corrected chi connectivity index (χ1v) is 8.03. The number of hydrogen-bond acceptors (Lipinski definition) is 3. The van der Waals surface area contributed by atoms with Gasteiger partial charge in [-0.1, -0.05) is 20.3 Å². The summed E-state index contributed by atoms with van der Waals surface area (Å²) in [5.74, 6) is 0. The molecule has 1 unspecified atom stereocenters. The van der Waals surface area contributed by atoms with Crippen LogP contribution in [0.3, 0.4) is 0 Å². The highest BCUT2D eigenvalue weighted by molar-refractivity contribution is 7.86. The van der Waals surface area contributed by atoms with E-state index in [9.17, 15) is 8.42 Å². The van der Waals surface area contributed by atoms with Gasteiger partial charge in [0.1, 0.15) is 0 Å². The summed E-state index contributed by atoms with van der Waals surface area (Å²) in [5.41, 5.74) is 5.47. The highest BCUT2D eigenvalue weighted by atomic mass is 32.2. The Balaban J connectivity index is 2.79. The lowest BCUT2D eigenvalue weighted by molar-refractivity contribution is 0.230. The molecule has 1 aliphatic heterocycles. The molecule has 1 rings (SSSR count). The van der Waals surface area contributed by atoms with E-state index in [4.69, 9.17) is 5.73 Å². The topological polar surface area (TPSA) is 66.6 Å². The molecule has 0 aromatic heterocycles. The zero-order chi connectivity index (χ0) is 14.0. The van der Waals surface area contributed by atoms with Gasteiger partial charge < -0.3 is 5.73 Å². The molecule has 1 atom stereocenters. The molecule has 0 aromatic rings. The Bertz CT molecular complexity index is 368. The van der Waals surface area contributed by atoms with Crippen LogP contribution in [-0.4, -0.2) is 49.8 Å². The molecule has 1 aliphatic rings. The second kappa shape index (κ2) is 5.86. The van der Waals surface area contributed by atoms with Crippen LogP contribution in [-0.2, 0) is 10.2 Å². The van der Waals surface area contributed by atoms with Gasteiger partial charge in [0.15, 0.2) is 0 Å². The minimum Gasteiger partial charge on any atom is -0.330 e. The minimum absolute atomic E-state index is 0.104. The fourth-order valence-corrected chi connectivity index (χ4v) is 4.13. The standard InChI is InChI=1S/C12H27N3O2S/c1-11-7-5-6-8-15(11)18(16,17)14(4)10-12(2,3)9-13/h11H,5-10,13H2,1-4H3. The van der Waals surface area contributed by atoms with Crippen LogP contribution < -0.4 is 5.73 Å². The molecule has 0 spiro atoms. The highest BCUT2D eigenvalue weighted by Gasteiger charge is 2.34. The average molecular weight is 277 g/mol. The van der Waals surface area contributed by atoms with Gasteiger partial charge in [-0.15, -0.1) is 0 Å². The van der Waals surface area contributed by atoms with E-state index in [-0.39, 0.29) is 11.5 Å². The first kappa shape index (κ1) is 15.9. The molecule has 2 N–H and O–H groups in total. The van der Waals surface area contributed by atoms with Crippen LogP contribution in [0.15, 0.2) is 0 Å². The molecular weight excluding hydrogens is 250 g/mol. The zero-order valence-electron chi connectivity index (χ0n) is 12.0. The quantitative estimate of drug-likeness (QED) is 0.816. The molecule has 5 nitrogen and oxygen atoms in total. The van der Waals surface area contributed by atoms with E-state index in [0.29, 0.717) is 19.6 Å². The summed E-state index contributed by atoms with van der Waals surface area (Å²) in [6.45, 7) is 7.52. The normalized spacial score (nSPS) is 23.6. The van der Waals surface area contributed by atoms with Crippen LogP contribution in [0.5, 0.6) is 0 Å². The molecule has 0 saturated carbocycles. The number of nitrogens with zero attached hydrogens (tertiary/aromatic N) is 2. The van der Waals surface area contributed by atoms with Crippen LogP contribution in [0.2, 0.25) is 0 Å². The van der Waals surface area contributed by atoms with E-state index >= 15 is 0 Å². The Morgan fingerprint density at radius 1 is 1.39 bits per heavy atom. The average Bonchev–Trinajstić information content (AvgIpc) is 2.28. The molecular formula is C12H27N3O2S. The number of piperidine rings is 1. The predicted molar refractivity (Wildman–Crippen MR) is 74.4 cm³/mol. The molecule has 1 fully saturated rings.